The third-order valence-electron chi connectivity index (χ3n) is 7.50. The number of ether oxygens (including phenoxy) is 5. The highest BCUT2D eigenvalue weighted by molar-refractivity contribution is 5.99. The molecular formula is C22H30O8. The van der Waals surface area contributed by atoms with E-state index in [9.17, 15) is 14.4 Å². The third-order valence-corrected chi connectivity index (χ3v) is 7.50. The molecule has 0 amide bonds. The highest BCUT2D eigenvalue weighted by Gasteiger charge is 2.77. The van der Waals surface area contributed by atoms with Gasteiger partial charge in [-0.15, -0.1) is 0 Å². The van der Waals surface area contributed by atoms with Crippen LogP contribution in [0.3, 0.4) is 0 Å². The van der Waals surface area contributed by atoms with E-state index in [2.05, 4.69) is 0 Å². The van der Waals surface area contributed by atoms with Crippen LogP contribution in [-0.4, -0.2) is 54.5 Å². The molecule has 0 saturated carbocycles. The number of rotatable bonds is 3. The molecule has 0 aromatic rings. The highest BCUT2D eigenvalue weighted by atomic mass is 16.7. The van der Waals surface area contributed by atoms with Gasteiger partial charge in [-0.2, -0.15) is 0 Å². The van der Waals surface area contributed by atoms with Gasteiger partial charge in [0.2, 0.25) is 5.78 Å². The molecular weight excluding hydrogens is 392 g/mol. The summed E-state index contributed by atoms with van der Waals surface area (Å²) < 4.78 is 30.1. The lowest BCUT2D eigenvalue weighted by Crippen LogP contribution is -2.54. The smallest absolute Gasteiger partial charge is 0.318 e. The Morgan fingerprint density at radius 2 is 1.93 bits per heavy atom. The molecule has 8 heteroatoms. The SMILES string of the molecule is CO[C@]1(C(C)C)O[C@H]2C[C@]3(C)OC(=CC3=O)C(C)C(OC(C)=O)[C@H]3OC(=O)[C@@]1(C)[C@H]23. The topological polar surface area (TPSA) is 97.4 Å². The minimum atomic E-state index is -1.24. The van der Waals surface area contributed by atoms with Crippen molar-refractivity contribution in [3.8, 4) is 0 Å². The molecule has 0 radical (unpaired) electrons. The molecule has 3 saturated heterocycles. The first kappa shape index (κ1) is 21.3. The summed E-state index contributed by atoms with van der Waals surface area (Å²) in [6.07, 6.45) is -0.443. The van der Waals surface area contributed by atoms with Crippen molar-refractivity contribution >= 4 is 17.7 Å². The van der Waals surface area contributed by atoms with Crippen LogP contribution in [0, 0.1) is 23.2 Å². The van der Waals surface area contributed by atoms with Crippen molar-refractivity contribution in [3.63, 3.8) is 0 Å². The van der Waals surface area contributed by atoms with E-state index in [1.807, 2.05) is 20.8 Å². The second-order valence-corrected chi connectivity index (χ2v) is 9.59. The second kappa shape index (κ2) is 6.53. The van der Waals surface area contributed by atoms with Crippen molar-refractivity contribution in [3.05, 3.63) is 11.8 Å². The molecule has 2 bridgehead atoms. The summed E-state index contributed by atoms with van der Waals surface area (Å²) >= 11 is 0. The number of ketones is 1. The van der Waals surface area contributed by atoms with Gasteiger partial charge < -0.3 is 23.7 Å². The molecule has 8 nitrogen and oxygen atoms in total. The molecule has 166 valence electrons. The summed E-state index contributed by atoms with van der Waals surface area (Å²) in [5, 5.41) is 0. The molecule has 2 unspecified atom stereocenters. The van der Waals surface area contributed by atoms with Crippen LogP contribution in [0.15, 0.2) is 11.8 Å². The fraction of sp³-hybridized carbons (Fsp3) is 0.773. The maximum atomic E-state index is 13.3. The Kier molecular flexibility index (Phi) is 4.64. The van der Waals surface area contributed by atoms with Crippen molar-refractivity contribution < 1.29 is 38.1 Å². The first-order valence-electron chi connectivity index (χ1n) is 10.5. The van der Waals surface area contributed by atoms with E-state index in [1.54, 1.807) is 13.8 Å². The molecule has 4 aliphatic rings. The van der Waals surface area contributed by atoms with Gasteiger partial charge in [-0.05, 0) is 13.8 Å². The molecule has 0 N–H and O–H groups in total. The van der Waals surface area contributed by atoms with E-state index in [-0.39, 0.29) is 18.1 Å². The van der Waals surface area contributed by atoms with Crippen molar-refractivity contribution in [2.24, 2.45) is 23.2 Å². The Morgan fingerprint density at radius 1 is 1.27 bits per heavy atom. The van der Waals surface area contributed by atoms with Gasteiger partial charge in [0.1, 0.15) is 23.4 Å². The Balaban J connectivity index is 1.91. The molecule has 4 rings (SSSR count). The van der Waals surface area contributed by atoms with E-state index >= 15 is 0 Å². The van der Waals surface area contributed by atoms with Crippen molar-refractivity contribution in [2.45, 2.75) is 77.7 Å². The molecule has 3 fully saturated rings. The summed E-state index contributed by atoms with van der Waals surface area (Å²) in [6, 6.07) is 0. The van der Waals surface area contributed by atoms with Gasteiger partial charge in [-0.25, -0.2) is 0 Å². The molecule has 4 heterocycles. The van der Waals surface area contributed by atoms with Crippen LogP contribution in [0.2, 0.25) is 0 Å². The molecule has 4 aliphatic heterocycles. The van der Waals surface area contributed by atoms with Crippen LogP contribution in [-0.2, 0) is 38.1 Å². The Morgan fingerprint density at radius 3 is 2.50 bits per heavy atom. The summed E-state index contributed by atoms with van der Waals surface area (Å²) in [4.78, 5) is 38.1. The van der Waals surface area contributed by atoms with Gasteiger partial charge >= 0.3 is 11.9 Å². The largest absolute Gasteiger partial charge is 0.483 e. The molecule has 0 aliphatic carbocycles. The first-order valence-corrected chi connectivity index (χ1v) is 10.5. The minimum absolute atomic E-state index is 0.167. The lowest BCUT2D eigenvalue weighted by atomic mass is 9.65. The maximum absolute atomic E-state index is 13.3. The monoisotopic (exact) mass is 422 g/mol. The number of carbonyl (C=O) groups is 3. The van der Waals surface area contributed by atoms with Gasteiger partial charge in [-0.1, -0.05) is 20.8 Å². The van der Waals surface area contributed by atoms with Gasteiger partial charge in [0.15, 0.2) is 11.4 Å². The predicted octanol–water partition coefficient (Wildman–Crippen LogP) is 2.15. The minimum Gasteiger partial charge on any atom is -0.483 e. The fourth-order valence-electron chi connectivity index (χ4n) is 6.01. The highest BCUT2D eigenvalue weighted by Crippen LogP contribution is 2.63. The maximum Gasteiger partial charge on any atom is 0.318 e. The quantitative estimate of drug-likeness (QED) is 0.638. The zero-order chi connectivity index (χ0) is 22.2. The van der Waals surface area contributed by atoms with E-state index in [1.165, 1.54) is 20.1 Å². The van der Waals surface area contributed by atoms with E-state index in [4.69, 9.17) is 23.7 Å². The summed E-state index contributed by atoms with van der Waals surface area (Å²) in [6.45, 7) is 10.5. The lowest BCUT2D eigenvalue weighted by molar-refractivity contribution is -0.279. The van der Waals surface area contributed by atoms with E-state index < -0.39 is 58.9 Å². The van der Waals surface area contributed by atoms with Crippen molar-refractivity contribution in [2.75, 3.05) is 7.11 Å². The average molecular weight is 422 g/mol. The molecule has 0 aromatic heterocycles. The lowest BCUT2D eigenvalue weighted by Gasteiger charge is -2.41. The zero-order valence-corrected chi connectivity index (χ0v) is 18.5. The van der Waals surface area contributed by atoms with Crippen molar-refractivity contribution in [1.82, 2.24) is 0 Å². The summed E-state index contributed by atoms with van der Waals surface area (Å²) in [7, 11) is 1.52. The standard InChI is InChI=1S/C22H30O8/c1-10(2)22(26-7)21(6)16-14(30-22)9-20(5)15(24)8-13(29-20)11(3)17(27-12(4)23)18(16)28-19(21)25/h8,10-11,14,16-18H,9H2,1-7H3/t11?,14-,16+,17?,18-,20-,21+,22+/m0/s1. The molecule has 0 spiro atoms. The van der Waals surface area contributed by atoms with Crippen molar-refractivity contribution in [1.29, 1.82) is 0 Å². The molecule has 8 atom stereocenters. The summed E-state index contributed by atoms with van der Waals surface area (Å²) in [5.74, 6) is -3.06. The van der Waals surface area contributed by atoms with Crippen LogP contribution in [0.4, 0.5) is 0 Å². The van der Waals surface area contributed by atoms with Crippen LogP contribution < -0.4 is 0 Å². The summed E-state index contributed by atoms with van der Waals surface area (Å²) in [5.41, 5.74) is -2.27. The second-order valence-electron chi connectivity index (χ2n) is 9.59. The van der Waals surface area contributed by atoms with Gasteiger partial charge in [0, 0.05) is 38.4 Å². The van der Waals surface area contributed by atoms with Crippen LogP contribution in [0.1, 0.15) is 48.0 Å². The Labute approximate surface area is 176 Å². The van der Waals surface area contributed by atoms with Crippen LogP contribution >= 0.6 is 0 Å². The Hall–Kier alpha value is -1.93. The van der Waals surface area contributed by atoms with Gasteiger partial charge in [-0.3, -0.25) is 14.4 Å². The van der Waals surface area contributed by atoms with Crippen LogP contribution in [0.5, 0.6) is 0 Å². The Bertz CT molecular complexity index is 833. The van der Waals surface area contributed by atoms with Gasteiger partial charge in [0.05, 0.1) is 12.0 Å². The van der Waals surface area contributed by atoms with E-state index in [0.29, 0.717) is 5.76 Å². The van der Waals surface area contributed by atoms with E-state index in [0.717, 1.165) is 0 Å². The zero-order valence-electron chi connectivity index (χ0n) is 18.5. The van der Waals surface area contributed by atoms with Gasteiger partial charge in [0.25, 0.3) is 0 Å². The number of fused-ring (bicyclic) bond motifs is 2. The molecule has 0 aromatic carbocycles. The molecule has 30 heavy (non-hydrogen) atoms. The first-order chi connectivity index (χ1) is 13.9. The number of carbonyl (C=O) groups excluding carboxylic acids is 3. The predicted molar refractivity (Wildman–Crippen MR) is 103 cm³/mol. The number of hydrogen-bond acceptors (Lipinski definition) is 8. The van der Waals surface area contributed by atoms with Crippen LogP contribution in [0.25, 0.3) is 0 Å². The number of methoxy groups -OCH3 is 1. The number of hydrogen-bond donors (Lipinski definition) is 0. The fourth-order valence-corrected chi connectivity index (χ4v) is 6.01. The normalized spacial score (nSPS) is 47.1. The average Bonchev–Trinajstić information content (AvgIpc) is 3.20. The number of esters is 2. The third kappa shape index (κ3) is 2.49.